The van der Waals surface area contributed by atoms with Crippen molar-refractivity contribution in [1.29, 1.82) is 0 Å². The molecule has 1 amide bonds. The first-order valence-electron chi connectivity index (χ1n) is 12.5. The van der Waals surface area contributed by atoms with Crippen molar-refractivity contribution in [1.82, 2.24) is 15.1 Å². The first-order valence-corrected chi connectivity index (χ1v) is 12.5. The van der Waals surface area contributed by atoms with Crippen molar-refractivity contribution in [3.63, 3.8) is 0 Å². The number of nitrogens with zero attached hydrogens (tertiary/aromatic N) is 2. The number of nitrogens with one attached hydrogen (secondary N) is 1. The van der Waals surface area contributed by atoms with Crippen LogP contribution in [0.1, 0.15) is 78.0 Å². The summed E-state index contributed by atoms with van der Waals surface area (Å²) in [4.78, 5) is 17.2. The van der Waals surface area contributed by atoms with E-state index in [1.165, 1.54) is 17.7 Å². The zero-order valence-corrected chi connectivity index (χ0v) is 22.0. The van der Waals surface area contributed by atoms with Crippen LogP contribution in [0, 0.1) is 5.82 Å². The van der Waals surface area contributed by atoms with Gasteiger partial charge in [0, 0.05) is 43.0 Å². The van der Waals surface area contributed by atoms with Crippen molar-refractivity contribution in [3.05, 3.63) is 83.4 Å². The van der Waals surface area contributed by atoms with Crippen molar-refractivity contribution in [3.8, 4) is 0 Å². The first kappa shape index (κ1) is 27.4. The molecule has 4 nitrogen and oxygen atoms in total. The van der Waals surface area contributed by atoms with Crippen LogP contribution in [0.15, 0.2) is 60.9 Å². The standard InChI is InChI=1S/C27H36FN3O.C2H6/c1-6-17-31(26(2,3)4)25(32)15-18-30-19-16-29-27(30,5)24-10-8-7-9-22(24)20-21-11-13-23(28)14-12-21;1-2/h7-14,16,19,29H,6,15,17-18,20H2,1-5H3;1-2H3. The van der Waals surface area contributed by atoms with Gasteiger partial charge in [-0.2, -0.15) is 0 Å². The Labute approximate surface area is 205 Å². The summed E-state index contributed by atoms with van der Waals surface area (Å²) >= 11 is 0. The van der Waals surface area contributed by atoms with Gasteiger partial charge in [-0.3, -0.25) is 4.79 Å². The summed E-state index contributed by atoms with van der Waals surface area (Å²) in [6.45, 7) is 15.9. The predicted molar refractivity (Wildman–Crippen MR) is 140 cm³/mol. The molecule has 0 bridgehead atoms. The molecular formula is C29H42FN3O. The van der Waals surface area contributed by atoms with Crippen molar-refractivity contribution >= 4 is 5.91 Å². The van der Waals surface area contributed by atoms with Gasteiger partial charge in [0.2, 0.25) is 5.91 Å². The maximum absolute atomic E-state index is 13.3. The second kappa shape index (κ2) is 12.0. The van der Waals surface area contributed by atoms with Crippen LogP contribution in [0.3, 0.4) is 0 Å². The van der Waals surface area contributed by atoms with Crippen LogP contribution in [-0.2, 0) is 16.9 Å². The minimum atomic E-state index is -0.450. The van der Waals surface area contributed by atoms with Crippen LogP contribution in [0.2, 0.25) is 0 Å². The molecule has 1 heterocycles. The summed E-state index contributed by atoms with van der Waals surface area (Å²) in [5.74, 6) is -0.0412. The molecule has 1 aliphatic heterocycles. The molecule has 1 aliphatic rings. The lowest BCUT2D eigenvalue weighted by Crippen LogP contribution is -2.49. The fraction of sp³-hybridized carbons (Fsp3) is 0.483. The summed E-state index contributed by atoms with van der Waals surface area (Å²) in [5, 5.41) is 3.50. The van der Waals surface area contributed by atoms with Gasteiger partial charge in [0.25, 0.3) is 0 Å². The molecule has 2 aromatic rings. The lowest BCUT2D eigenvalue weighted by atomic mass is 9.91. The SMILES string of the molecule is CC.CCCN(C(=O)CCN1C=CNC1(C)c1ccccc1Cc1ccc(F)cc1)C(C)(C)C. The van der Waals surface area contributed by atoms with E-state index < -0.39 is 5.66 Å². The molecule has 0 saturated heterocycles. The van der Waals surface area contributed by atoms with Crippen LogP contribution in [0.4, 0.5) is 4.39 Å². The second-order valence-corrected chi connectivity index (χ2v) is 9.65. The Balaban J connectivity index is 0.00000199. The average Bonchev–Trinajstić information content (AvgIpc) is 3.19. The highest BCUT2D eigenvalue weighted by Gasteiger charge is 2.36. The second-order valence-electron chi connectivity index (χ2n) is 9.65. The molecule has 5 heteroatoms. The van der Waals surface area contributed by atoms with Gasteiger partial charge in [0.1, 0.15) is 11.5 Å². The molecule has 0 spiro atoms. The molecule has 0 saturated carbocycles. The molecule has 1 atom stereocenters. The molecule has 0 aliphatic carbocycles. The molecule has 1 unspecified atom stereocenters. The summed E-state index contributed by atoms with van der Waals surface area (Å²) in [7, 11) is 0. The van der Waals surface area contributed by atoms with Gasteiger partial charge in [-0.1, -0.05) is 57.2 Å². The number of hydrogen-bond acceptors (Lipinski definition) is 3. The average molecular weight is 468 g/mol. The third-order valence-corrected chi connectivity index (χ3v) is 6.17. The van der Waals surface area contributed by atoms with E-state index in [0.717, 1.165) is 30.5 Å². The summed E-state index contributed by atoms with van der Waals surface area (Å²) in [6.07, 6.45) is 6.10. The summed E-state index contributed by atoms with van der Waals surface area (Å²) < 4.78 is 13.3. The van der Waals surface area contributed by atoms with E-state index in [1.807, 2.05) is 55.4 Å². The highest BCUT2D eigenvalue weighted by molar-refractivity contribution is 5.77. The van der Waals surface area contributed by atoms with Crippen molar-refractivity contribution in [2.45, 2.75) is 78.9 Å². The fourth-order valence-electron chi connectivity index (χ4n) is 4.43. The molecule has 1 N–H and O–H groups in total. The Morgan fingerprint density at radius 2 is 1.74 bits per heavy atom. The van der Waals surface area contributed by atoms with E-state index in [0.29, 0.717) is 13.0 Å². The number of rotatable bonds is 8. The Bertz CT molecular complexity index is 949. The number of halogens is 1. The number of amides is 1. The maximum atomic E-state index is 13.3. The lowest BCUT2D eigenvalue weighted by molar-refractivity contribution is -0.136. The van der Waals surface area contributed by atoms with Crippen molar-refractivity contribution in [2.24, 2.45) is 0 Å². The third-order valence-electron chi connectivity index (χ3n) is 6.17. The maximum Gasteiger partial charge on any atom is 0.224 e. The van der Waals surface area contributed by atoms with Gasteiger partial charge in [-0.05, 0) is 63.8 Å². The summed E-state index contributed by atoms with van der Waals surface area (Å²) in [6, 6.07) is 15.0. The van der Waals surface area contributed by atoms with Gasteiger partial charge in [-0.25, -0.2) is 4.39 Å². The number of hydrogen-bond donors (Lipinski definition) is 1. The van der Waals surface area contributed by atoms with E-state index in [2.05, 4.69) is 57.0 Å². The number of carbonyl (C=O) groups is 1. The number of benzene rings is 2. The van der Waals surface area contributed by atoms with Crippen molar-refractivity contribution in [2.75, 3.05) is 13.1 Å². The van der Waals surface area contributed by atoms with E-state index in [4.69, 9.17) is 0 Å². The van der Waals surface area contributed by atoms with Crippen LogP contribution in [-0.4, -0.2) is 34.3 Å². The van der Waals surface area contributed by atoms with Gasteiger partial charge >= 0.3 is 0 Å². The quantitative estimate of drug-likeness (QED) is 0.487. The highest BCUT2D eigenvalue weighted by atomic mass is 19.1. The molecule has 0 radical (unpaired) electrons. The van der Waals surface area contributed by atoms with E-state index >= 15 is 0 Å². The van der Waals surface area contributed by atoms with Crippen LogP contribution in [0.5, 0.6) is 0 Å². The van der Waals surface area contributed by atoms with Crippen LogP contribution in [0.25, 0.3) is 0 Å². The van der Waals surface area contributed by atoms with Gasteiger partial charge in [-0.15, -0.1) is 0 Å². The van der Waals surface area contributed by atoms with E-state index in [1.54, 1.807) is 0 Å². The first-order chi connectivity index (χ1) is 16.1. The normalized spacial score (nSPS) is 17.1. The zero-order valence-electron chi connectivity index (χ0n) is 22.0. The minimum absolute atomic E-state index is 0.182. The third kappa shape index (κ3) is 6.62. The fourth-order valence-corrected chi connectivity index (χ4v) is 4.43. The number of carbonyl (C=O) groups excluding carboxylic acids is 1. The van der Waals surface area contributed by atoms with Gasteiger partial charge in [0.15, 0.2) is 0 Å². The van der Waals surface area contributed by atoms with Crippen molar-refractivity contribution < 1.29 is 9.18 Å². The molecule has 0 aromatic heterocycles. The largest absolute Gasteiger partial charge is 0.364 e. The van der Waals surface area contributed by atoms with E-state index in [-0.39, 0.29) is 17.3 Å². The highest BCUT2D eigenvalue weighted by Crippen LogP contribution is 2.33. The van der Waals surface area contributed by atoms with Crippen LogP contribution >= 0.6 is 0 Å². The Hall–Kier alpha value is -2.82. The molecule has 3 rings (SSSR count). The molecule has 186 valence electrons. The van der Waals surface area contributed by atoms with E-state index in [9.17, 15) is 9.18 Å². The smallest absolute Gasteiger partial charge is 0.224 e. The Morgan fingerprint density at radius 1 is 1.09 bits per heavy atom. The Kier molecular flexibility index (Phi) is 9.72. The summed E-state index contributed by atoms with van der Waals surface area (Å²) in [5.41, 5.74) is 2.76. The predicted octanol–water partition coefficient (Wildman–Crippen LogP) is 6.42. The molecular weight excluding hydrogens is 425 g/mol. The molecule has 34 heavy (non-hydrogen) atoms. The van der Waals surface area contributed by atoms with Gasteiger partial charge < -0.3 is 15.1 Å². The topological polar surface area (TPSA) is 35.6 Å². The monoisotopic (exact) mass is 467 g/mol. The molecule has 2 aromatic carbocycles. The lowest BCUT2D eigenvalue weighted by Gasteiger charge is -2.40. The van der Waals surface area contributed by atoms with Crippen LogP contribution < -0.4 is 5.32 Å². The Morgan fingerprint density at radius 3 is 2.35 bits per heavy atom. The van der Waals surface area contributed by atoms with Gasteiger partial charge in [0.05, 0.1) is 0 Å². The zero-order chi connectivity index (χ0) is 25.4. The minimum Gasteiger partial charge on any atom is -0.364 e. The molecule has 0 fully saturated rings.